The summed E-state index contributed by atoms with van der Waals surface area (Å²) in [6.07, 6.45) is -0.268. The standard InChI is InChI=1S/C20H21F2NO3/c1-12-6-4-7-13(2)14(12)10-18(20(25)26-3)23-19(24)11-15-16(21)8-5-9-17(15)22/h4-9,18H,10-11H2,1-3H3,(H,23,24)/t18-/m1/s1. The fourth-order valence-corrected chi connectivity index (χ4v) is 2.82. The third-order valence-electron chi connectivity index (χ3n) is 4.27. The van der Waals surface area contributed by atoms with Crippen molar-refractivity contribution in [3.63, 3.8) is 0 Å². The van der Waals surface area contributed by atoms with Gasteiger partial charge in [0.1, 0.15) is 17.7 Å². The van der Waals surface area contributed by atoms with Gasteiger partial charge in [0.05, 0.1) is 13.5 Å². The van der Waals surface area contributed by atoms with E-state index in [4.69, 9.17) is 4.74 Å². The molecule has 0 aliphatic rings. The highest BCUT2D eigenvalue weighted by molar-refractivity contribution is 5.86. The minimum atomic E-state index is -0.942. The molecule has 0 spiro atoms. The van der Waals surface area contributed by atoms with E-state index in [2.05, 4.69) is 5.32 Å². The molecule has 0 fully saturated rings. The maximum atomic E-state index is 13.7. The zero-order valence-electron chi connectivity index (χ0n) is 14.9. The van der Waals surface area contributed by atoms with Crippen molar-refractivity contribution in [1.82, 2.24) is 5.32 Å². The third kappa shape index (κ3) is 4.65. The maximum Gasteiger partial charge on any atom is 0.328 e. The van der Waals surface area contributed by atoms with E-state index in [9.17, 15) is 18.4 Å². The number of hydrogen-bond donors (Lipinski definition) is 1. The highest BCUT2D eigenvalue weighted by Gasteiger charge is 2.24. The van der Waals surface area contributed by atoms with Crippen molar-refractivity contribution in [3.05, 3.63) is 70.3 Å². The summed E-state index contributed by atoms with van der Waals surface area (Å²) < 4.78 is 32.2. The van der Waals surface area contributed by atoms with Gasteiger partial charge in [0.25, 0.3) is 0 Å². The Labute approximate surface area is 151 Å². The molecule has 1 atom stereocenters. The van der Waals surface area contributed by atoms with Crippen LogP contribution in [0.1, 0.15) is 22.3 Å². The topological polar surface area (TPSA) is 55.4 Å². The van der Waals surface area contributed by atoms with Gasteiger partial charge >= 0.3 is 5.97 Å². The second-order valence-electron chi connectivity index (χ2n) is 6.09. The van der Waals surface area contributed by atoms with E-state index in [1.54, 1.807) is 0 Å². The summed E-state index contributed by atoms with van der Waals surface area (Å²) in [5, 5.41) is 2.53. The molecule has 0 bridgehead atoms. The quantitative estimate of drug-likeness (QED) is 0.805. The Morgan fingerprint density at radius 3 is 2.08 bits per heavy atom. The van der Waals surface area contributed by atoms with E-state index in [-0.39, 0.29) is 12.0 Å². The number of ether oxygens (including phenoxy) is 1. The normalized spacial score (nSPS) is 11.7. The molecule has 1 amide bonds. The number of carbonyl (C=O) groups is 2. The van der Waals surface area contributed by atoms with Crippen LogP contribution in [0, 0.1) is 25.5 Å². The van der Waals surface area contributed by atoms with Gasteiger partial charge in [-0.05, 0) is 42.7 Å². The fraction of sp³-hybridized carbons (Fsp3) is 0.300. The molecular weight excluding hydrogens is 340 g/mol. The van der Waals surface area contributed by atoms with Crippen molar-refractivity contribution >= 4 is 11.9 Å². The first-order chi connectivity index (χ1) is 12.3. The largest absolute Gasteiger partial charge is 0.467 e. The lowest BCUT2D eigenvalue weighted by Crippen LogP contribution is -2.44. The molecule has 1 N–H and O–H groups in total. The average Bonchev–Trinajstić information content (AvgIpc) is 2.60. The van der Waals surface area contributed by atoms with Gasteiger partial charge in [-0.2, -0.15) is 0 Å². The number of rotatable bonds is 6. The highest BCUT2D eigenvalue weighted by Crippen LogP contribution is 2.17. The number of carbonyl (C=O) groups excluding carboxylic acids is 2. The molecule has 138 valence electrons. The van der Waals surface area contributed by atoms with Crippen LogP contribution in [0.4, 0.5) is 8.78 Å². The smallest absolute Gasteiger partial charge is 0.328 e. The van der Waals surface area contributed by atoms with Crippen LogP contribution in [0.5, 0.6) is 0 Å². The summed E-state index contributed by atoms with van der Waals surface area (Å²) in [6, 6.07) is 8.17. The maximum absolute atomic E-state index is 13.7. The summed E-state index contributed by atoms with van der Waals surface area (Å²) in [6.45, 7) is 3.82. The van der Waals surface area contributed by atoms with Gasteiger partial charge in [-0.15, -0.1) is 0 Å². The van der Waals surface area contributed by atoms with E-state index >= 15 is 0 Å². The van der Waals surface area contributed by atoms with Crippen molar-refractivity contribution < 1.29 is 23.1 Å². The van der Waals surface area contributed by atoms with E-state index in [1.807, 2.05) is 32.0 Å². The van der Waals surface area contributed by atoms with Crippen molar-refractivity contribution in [3.8, 4) is 0 Å². The van der Waals surface area contributed by atoms with Crippen molar-refractivity contribution in [2.75, 3.05) is 7.11 Å². The molecule has 6 heteroatoms. The molecule has 26 heavy (non-hydrogen) atoms. The van der Waals surface area contributed by atoms with Crippen LogP contribution in [0.2, 0.25) is 0 Å². The molecule has 0 radical (unpaired) electrons. The number of methoxy groups -OCH3 is 1. The lowest BCUT2D eigenvalue weighted by atomic mass is 9.96. The van der Waals surface area contributed by atoms with Crippen LogP contribution in [0.25, 0.3) is 0 Å². The summed E-state index contributed by atoms with van der Waals surface area (Å²) in [7, 11) is 1.22. The SMILES string of the molecule is COC(=O)[C@@H](Cc1c(C)cccc1C)NC(=O)Cc1c(F)cccc1F. The van der Waals surface area contributed by atoms with Crippen molar-refractivity contribution in [2.45, 2.75) is 32.7 Å². The zero-order valence-corrected chi connectivity index (χ0v) is 14.9. The van der Waals surface area contributed by atoms with Crippen LogP contribution < -0.4 is 5.32 Å². The van der Waals surface area contributed by atoms with E-state index in [0.29, 0.717) is 0 Å². The molecule has 0 aliphatic carbocycles. The van der Waals surface area contributed by atoms with E-state index in [0.717, 1.165) is 28.8 Å². The van der Waals surface area contributed by atoms with Gasteiger partial charge in [0.15, 0.2) is 0 Å². The van der Waals surface area contributed by atoms with Crippen LogP contribution in [0.3, 0.4) is 0 Å². The summed E-state index contributed by atoms with van der Waals surface area (Å²) in [5.74, 6) is -2.88. The van der Waals surface area contributed by atoms with Gasteiger partial charge < -0.3 is 10.1 Å². The number of nitrogens with one attached hydrogen (secondary N) is 1. The second-order valence-corrected chi connectivity index (χ2v) is 6.09. The first-order valence-corrected chi connectivity index (χ1v) is 8.18. The van der Waals surface area contributed by atoms with Crippen LogP contribution in [-0.2, 0) is 27.2 Å². The summed E-state index contributed by atoms with van der Waals surface area (Å²) >= 11 is 0. The first kappa shape index (κ1) is 19.6. The fourth-order valence-electron chi connectivity index (χ4n) is 2.82. The molecule has 2 rings (SSSR count). The molecule has 0 aliphatic heterocycles. The Hall–Kier alpha value is -2.76. The van der Waals surface area contributed by atoms with Crippen LogP contribution in [-0.4, -0.2) is 25.0 Å². The molecule has 0 aromatic heterocycles. The van der Waals surface area contributed by atoms with Gasteiger partial charge in [0, 0.05) is 12.0 Å². The van der Waals surface area contributed by atoms with Crippen molar-refractivity contribution in [1.29, 1.82) is 0 Å². The molecule has 0 saturated heterocycles. The number of hydrogen-bond acceptors (Lipinski definition) is 3. The Kier molecular flexibility index (Phi) is 6.44. The summed E-state index contributed by atoms with van der Waals surface area (Å²) in [5.41, 5.74) is 2.54. The molecule has 2 aromatic rings. The second kappa shape index (κ2) is 8.56. The average molecular weight is 361 g/mol. The monoisotopic (exact) mass is 361 g/mol. The van der Waals surface area contributed by atoms with Crippen LogP contribution >= 0.6 is 0 Å². The number of aryl methyl sites for hydroxylation is 2. The Morgan fingerprint density at radius 1 is 1.00 bits per heavy atom. The lowest BCUT2D eigenvalue weighted by molar-refractivity contribution is -0.145. The van der Waals surface area contributed by atoms with Crippen molar-refractivity contribution in [2.24, 2.45) is 0 Å². The molecule has 0 heterocycles. The molecular formula is C20H21F2NO3. The number of benzene rings is 2. The number of amides is 1. The van der Waals surface area contributed by atoms with Gasteiger partial charge in [-0.3, -0.25) is 4.79 Å². The van der Waals surface area contributed by atoms with Crippen LogP contribution in [0.15, 0.2) is 36.4 Å². The third-order valence-corrected chi connectivity index (χ3v) is 4.27. The molecule has 2 aromatic carbocycles. The number of esters is 1. The Morgan fingerprint density at radius 2 is 1.54 bits per heavy atom. The summed E-state index contributed by atoms with van der Waals surface area (Å²) in [4.78, 5) is 24.3. The van der Waals surface area contributed by atoms with E-state index in [1.165, 1.54) is 13.2 Å². The number of halogens is 2. The van der Waals surface area contributed by atoms with Gasteiger partial charge in [-0.1, -0.05) is 24.3 Å². The predicted octanol–water partition coefficient (Wildman–Crippen LogP) is 3.02. The minimum Gasteiger partial charge on any atom is -0.467 e. The minimum absolute atomic E-state index is 0.233. The molecule has 0 saturated carbocycles. The zero-order chi connectivity index (χ0) is 19.3. The Bertz CT molecular complexity index is 780. The lowest BCUT2D eigenvalue weighted by Gasteiger charge is -2.19. The molecule has 0 unspecified atom stereocenters. The first-order valence-electron chi connectivity index (χ1n) is 8.18. The van der Waals surface area contributed by atoms with Gasteiger partial charge in [-0.25, -0.2) is 13.6 Å². The molecule has 4 nitrogen and oxygen atoms in total. The van der Waals surface area contributed by atoms with E-state index < -0.39 is 36.0 Å². The van der Waals surface area contributed by atoms with Gasteiger partial charge in [0.2, 0.25) is 5.91 Å². The predicted molar refractivity (Wildman–Crippen MR) is 93.6 cm³/mol. The Balaban J connectivity index is 2.18. The highest BCUT2D eigenvalue weighted by atomic mass is 19.1.